The van der Waals surface area contributed by atoms with E-state index in [0.29, 0.717) is 22.6 Å². The van der Waals surface area contributed by atoms with E-state index in [1.165, 1.54) is 10.4 Å². The Labute approximate surface area is 127 Å². The maximum atomic E-state index is 12.6. The van der Waals surface area contributed by atoms with Crippen LogP contribution in [0.1, 0.15) is 19.3 Å². The first-order chi connectivity index (χ1) is 8.96. The number of halogens is 2. The molecule has 0 bridgehead atoms. The highest BCUT2D eigenvalue weighted by Gasteiger charge is 2.32. The summed E-state index contributed by atoms with van der Waals surface area (Å²) in [5.41, 5.74) is 5.68. The van der Waals surface area contributed by atoms with Crippen molar-refractivity contribution < 1.29 is 8.42 Å². The van der Waals surface area contributed by atoms with Gasteiger partial charge in [0.25, 0.3) is 0 Å². The first kappa shape index (κ1) is 15.3. The van der Waals surface area contributed by atoms with Crippen LogP contribution < -0.4 is 5.73 Å². The Morgan fingerprint density at radius 3 is 2.79 bits per heavy atom. The number of benzene rings is 1. The molecule has 19 heavy (non-hydrogen) atoms. The van der Waals surface area contributed by atoms with Crippen molar-refractivity contribution in [3.8, 4) is 0 Å². The van der Waals surface area contributed by atoms with Crippen LogP contribution in [0.4, 0.5) is 0 Å². The summed E-state index contributed by atoms with van der Waals surface area (Å²) in [5.74, 6) is 0. The highest BCUT2D eigenvalue weighted by atomic mass is 79.9. The average Bonchev–Trinajstić information content (AvgIpc) is 2.41. The molecule has 1 aliphatic rings. The van der Waals surface area contributed by atoms with Gasteiger partial charge in [0.05, 0.1) is 9.92 Å². The lowest BCUT2D eigenvalue weighted by molar-refractivity contribution is 0.257. The number of hydrogen-bond donors (Lipinski definition) is 1. The lowest BCUT2D eigenvalue weighted by atomic mass is 10.1. The first-order valence-electron chi connectivity index (χ1n) is 6.14. The topological polar surface area (TPSA) is 63.4 Å². The summed E-state index contributed by atoms with van der Waals surface area (Å²) in [4.78, 5) is 0.223. The van der Waals surface area contributed by atoms with Crippen molar-refractivity contribution in [3.05, 3.63) is 27.7 Å². The van der Waals surface area contributed by atoms with Gasteiger partial charge in [-0.25, -0.2) is 8.42 Å². The molecule has 0 saturated carbocycles. The Balaban J connectivity index is 2.37. The number of hydrogen-bond acceptors (Lipinski definition) is 3. The third kappa shape index (κ3) is 3.13. The zero-order valence-electron chi connectivity index (χ0n) is 10.4. The second kappa shape index (κ2) is 6.10. The van der Waals surface area contributed by atoms with Crippen LogP contribution in [-0.2, 0) is 10.0 Å². The van der Waals surface area contributed by atoms with Gasteiger partial charge in [0.15, 0.2) is 0 Å². The molecule has 1 unspecified atom stereocenters. The molecule has 0 amide bonds. The van der Waals surface area contributed by atoms with Crippen molar-refractivity contribution in [2.45, 2.75) is 30.2 Å². The second-order valence-electron chi connectivity index (χ2n) is 4.58. The Morgan fingerprint density at radius 1 is 1.42 bits per heavy atom. The molecule has 0 aliphatic carbocycles. The monoisotopic (exact) mass is 366 g/mol. The second-order valence-corrected chi connectivity index (χ2v) is 7.73. The van der Waals surface area contributed by atoms with Crippen LogP contribution in [0.15, 0.2) is 27.6 Å². The van der Waals surface area contributed by atoms with Crippen molar-refractivity contribution in [2.24, 2.45) is 5.73 Å². The standard InChI is InChI=1S/C12H16BrClN2O2S/c13-11-5-4-10(7-12(11)14)19(17,18)16-6-2-1-3-9(16)8-15/h4-5,7,9H,1-3,6,8,15H2. The van der Waals surface area contributed by atoms with Gasteiger partial charge in [-0.1, -0.05) is 18.0 Å². The highest BCUT2D eigenvalue weighted by Crippen LogP contribution is 2.29. The SMILES string of the molecule is NCC1CCCCN1S(=O)(=O)c1ccc(Br)c(Cl)c1. The Morgan fingerprint density at radius 2 is 2.16 bits per heavy atom. The lowest BCUT2D eigenvalue weighted by Crippen LogP contribution is -2.47. The predicted molar refractivity (Wildman–Crippen MR) is 79.7 cm³/mol. The Hall–Kier alpha value is -0.140. The normalized spacial score (nSPS) is 21.5. The van der Waals surface area contributed by atoms with E-state index in [9.17, 15) is 8.42 Å². The summed E-state index contributed by atoms with van der Waals surface area (Å²) >= 11 is 9.23. The zero-order chi connectivity index (χ0) is 14.0. The van der Waals surface area contributed by atoms with Crippen LogP contribution in [-0.4, -0.2) is 31.9 Å². The number of rotatable bonds is 3. The van der Waals surface area contributed by atoms with Crippen molar-refractivity contribution >= 4 is 37.6 Å². The minimum atomic E-state index is -3.51. The van der Waals surface area contributed by atoms with Crippen molar-refractivity contribution in [3.63, 3.8) is 0 Å². The molecule has 1 fully saturated rings. The minimum Gasteiger partial charge on any atom is -0.329 e. The van der Waals surface area contributed by atoms with E-state index in [1.54, 1.807) is 12.1 Å². The van der Waals surface area contributed by atoms with E-state index in [4.69, 9.17) is 17.3 Å². The highest BCUT2D eigenvalue weighted by molar-refractivity contribution is 9.10. The fourth-order valence-electron chi connectivity index (χ4n) is 2.30. The minimum absolute atomic E-state index is 0.110. The molecule has 7 heteroatoms. The molecule has 1 aromatic carbocycles. The van der Waals surface area contributed by atoms with Gasteiger partial charge in [0.2, 0.25) is 10.0 Å². The number of piperidine rings is 1. The van der Waals surface area contributed by atoms with Crippen LogP contribution in [0.2, 0.25) is 5.02 Å². The molecule has 0 radical (unpaired) electrons. The molecular weight excluding hydrogens is 352 g/mol. The summed E-state index contributed by atoms with van der Waals surface area (Å²) in [6, 6.07) is 4.58. The molecule has 1 aliphatic heterocycles. The zero-order valence-corrected chi connectivity index (χ0v) is 13.5. The summed E-state index contributed by atoms with van der Waals surface area (Å²) in [6.07, 6.45) is 2.72. The van der Waals surface area contributed by atoms with Gasteiger partial charge in [0.1, 0.15) is 0 Å². The maximum absolute atomic E-state index is 12.6. The predicted octanol–water partition coefficient (Wildman–Crippen LogP) is 2.60. The molecular formula is C12H16BrClN2O2S. The molecule has 4 nitrogen and oxygen atoms in total. The molecule has 1 atom stereocenters. The van der Waals surface area contributed by atoms with Gasteiger partial charge in [-0.15, -0.1) is 0 Å². The summed E-state index contributed by atoms with van der Waals surface area (Å²) in [7, 11) is -3.51. The van der Waals surface area contributed by atoms with E-state index in [1.807, 2.05) is 0 Å². The van der Waals surface area contributed by atoms with Crippen LogP contribution in [0.25, 0.3) is 0 Å². The van der Waals surface area contributed by atoms with Crippen molar-refractivity contribution in [1.82, 2.24) is 4.31 Å². The van der Waals surface area contributed by atoms with E-state index in [0.717, 1.165) is 19.3 Å². The van der Waals surface area contributed by atoms with E-state index < -0.39 is 10.0 Å². The molecule has 0 aromatic heterocycles. The first-order valence-corrected chi connectivity index (χ1v) is 8.75. The van der Waals surface area contributed by atoms with Crippen LogP contribution >= 0.6 is 27.5 Å². The van der Waals surface area contributed by atoms with E-state index in [-0.39, 0.29) is 10.9 Å². The third-order valence-electron chi connectivity index (χ3n) is 3.34. The molecule has 0 spiro atoms. The van der Waals surface area contributed by atoms with Gasteiger partial charge >= 0.3 is 0 Å². The van der Waals surface area contributed by atoms with Gasteiger partial charge in [-0.2, -0.15) is 4.31 Å². The quantitative estimate of drug-likeness (QED) is 0.893. The maximum Gasteiger partial charge on any atom is 0.243 e. The van der Waals surface area contributed by atoms with Gasteiger partial charge < -0.3 is 5.73 Å². The molecule has 106 valence electrons. The van der Waals surface area contributed by atoms with E-state index >= 15 is 0 Å². The van der Waals surface area contributed by atoms with Crippen LogP contribution in [0.3, 0.4) is 0 Å². The molecule has 1 aromatic rings. The smallest absolute Gasteiger partial charge is 0.243 e. The molecule has 2 N–H and O–H groups in total. The molecule has 1 heterocycles. The van der Waals surface area contributed by atoms with Gasteiger partial charge in [-0.3, -0.25) is 0 Å². The lowest BCUT2D eigenvalue weighted by Gasteiger charge is -2.33. The van der Waals surface area contributed by atoms with Gasteiger partial charge in [0, 0.05) is 23.6 Å². The molecule has 1 saturated heterocycles. The van der Waals surface area contributed by atoms with E-state index in [2.05, 4.69) is 15.9 Å². The van der Waals surface area contributed by atoms with Crippen LogP contribution in [0.5, 0.6) is 0 Å². The molecule has 2 rings (SSSR count). The summed E-state index contributed by atoms with van der Waals surface area (Å²) in [6.45, 7) is 0.876. The Bertz CT molecular complexity index is 565. The average molecular weight is 368 g/mol. The third-order valence-corrected chi connectivity index (χ3v) is 6.52. The van der Waals surface area contributed by atoms with Gasteiger partial charge in [-0.05, 0) is 47.0 Å². The summed E-state index contributed by atoms with van der Waals surface area (Å²) in [5, 5.41) is 0.391. The van der Waals surface area contributed by atoms with Crippen molar-refractivity contribution in [2.75, 3.05) is 13.1 Å². The fourth-order valence-corrected chi connectivity index (χ4v) is 4.52. The van der Waals surface area contributed by atoms with Crippen LogP contribution in [0, 0.1) is 0 Å². The largest absolute Gasteiger partial charge is 0.329 e. The fraction of sp³-hybridized carbons (Fsp3) is 0.500. The summed E-state index contributed by atoms with van der Waals surface area (Å²) < 4.78 is 27.4. The number of nitrogens with two attached hydrogens (primary N) is 1. The van der Waals surface area contributed by atoms with Crippen molar-refractivity contribution in [1.29, 1.82) is 0 Å². The Kier molecular flexibility index (Phi) is 4.89. The number of sulfonamides is 1. The number of nitrogens with zero attached hydrogens (tertiary/aromatic N) is 1.